The van der Waals surface area contributed by atoms with Gasteiger partial charge >= 0.3 is 0 Å². The third kappa shape index (κ3) is 3.59. The third-order valence-corrected chi connectivity index (χ3v) is 2.24. The molecule has 1 aromatic rings. The second kappa shape index (κ2) is 5.35. The zero-order valence-corrected chi connectivity index (χ0v) is 9.75. The quantitative estimate of drug-likeness (QED) is 0.626. The van der Waals surface area contributed by atoms with Crippen LogP contribution in [-0.2, 0) is 0 Å². The molecule has 1 aromatic carbocycles. The minimum Gasteiger partial charge on any atom is -0.0961 e. The van der Waals surface area contributed by atoms with Gasteiger partial charge in [-0.05, 0) is 31.9 Å². The molecule has 0 N–H and O–H groups in total. The van der Waals surface area contributed by atoms with Crippen molar-refractivity contribution in [3.05, 3.63) is 65.8 Å². The van der Waals surface area contributed by atoms with E-state index >= 15 is 0 Å². The molecule has 0 saturated carbocycles. The van der Waals surface area contributed by atoms with E-state index in [1.807, 2.05) is 13.0 Å². The van der Waals surface area contributed by atoms with Gasteiger partial charge in [0, 0.05) is 0 Å². The molecule has 1 rings (SSSR count). The minimum atomic E-state index is 1.07. The number of hydrogen-bond acceptors (Lipinski definition) is 0. The van der Waals surface area contributed by atoms with Crippen molar-refractivity contribution in [2.24, 2.45) is 0 Å². The van der Waals surface area contributed by atoms with Crippen molar-refractivity contribution in [1.29, 1.82) is 0 Å². The highest BCUT2D eigenvalue weighted by Gasteiger charge is 1.95. The standard InChI is InChI=1S/C15H18/c1-5-14(9-6-12(2)3)15-10-7-13(4)8-11-15/h5-11H,2H2,1,3-4H3/b9-6-,14-5+. The second-order valence-corrected chi connectivity index (χ2v) is 3.79. The molecule has 0 heteroatoms. The monoisotopic (exact) mass is 198 g/mol. The van der Waals surface area contributed by atoms with Crippen LogP contribution in [0.1, 0.15) is 25.0 Å². The Morgan fingerprint density at radius 1 is 1.13 bits per heavy atom. The molecule has 0 aliphatic rings. The van der Waals surface area contributed by atoms with Gasteiger partial charge < -0.3 is 0 Å². The normalized spacial score (nSPS) is 12.1. The lowest BCUT2D eigenvalue weighted by molar-refractivity contribution is 1.45. The summed E-state index contributed by atoms with van der Waals surface area (Å²) in [7, 11) is 0. The molecule has 0 spiro atoms. The van der Waals surface area contributed by atoms with Crippen LogP contribution in [0.15, 0.2) is 54.6 Å². The van der Waals surface area contributed by atoms with Crippen molar-refractivity contribution >= 4 is 5.57 Å². The second-order valence-electron chi connectivity index (χ2n) is 3.79. The summed E-state index contributed by atoms with van der Waals surface area (Å²) >= 11 is 0. The maximum Gasteiger partial charge on any atom is -0.0187 e. The molecule has 0 aromatic heterocycles. The van der Waals surface area contributed by atoms with Gasteiger partial charge in [-0.15, -0.1) is 0 Å². The summed E-state index contributed by atoms with van der Waals surface area (Å²) in [4.78, 5) is 0. The molecule has 0 heterocycles. The van der Waals surface area contributed by atoms with E-state index in [0.717, 1.165) is 5.57 Å². The average Bonchev–Trinajstić information content (AvgIpc) is 2.21. The Morgan fingerprint density at radius 2 is 1.73 bits per heavy atom. The van der Waals surface area contributed by atoms with Crippen molar-refractivity contribution in [1.82, 2.24) is 0 Å². The highest BCUT2D eigenvalue weighted by molar-refractivity contribution is 5.74. The maximum atomic E-state index is 3.86. The van der Waals surface area contributed by atoms with E-state index in [2.05, 4.69) is 56.8 Å². The first-order valence-electron chi connectivity index (χ1n) is 5.20. The topological polar surface area (TPSA) is 0 Å². The predicted molar refractivity (Wildman–Crippen MR) is 68.8 cm³/mol. The number of aryl methyl sites for hydroxylation is 1. The van der Waals surface area contributed by atoms with Gasteiger partial charge in [-0.2, -0.15) is 0 Å². The molecule has 78 valence electrons. The first-order valence-corrected chi connectivity index (χ1v) is 5.20. The largest absolute Gasteiger partial charge is 0.0961 e. The molecule has 0 aliphatic heterocycles. The fourth-order valence-corrected chi connectivity index (χ4v) is 1.34. The summed E-state index contributed by atoms with van der Waals surface area (Å²) in [5.74, 6) is 0. The lowest BCUT2D eigenvalue weighted by atomic mass is 10.0. The van der Waals surface area contributed by atoms with Crippen molar-refractivity contribution in [2.75, 3.05) is 0 Å². The number of benzene rings is 1. The van der Waals surface area contributed by atoms with Crippen LogP contribution in [0.4, 0.5) is 0 Å². The molecule has 0 bridgehead atoms. The highest BCUT2D eigenvalue weighted by Crippen LogP contribution is 2.16. The summed E-state index contributed by atoms with van der Waals surface area (Å²) in [5, 5.41) is 0. The fraction of sp³-hybridized carbons (Fsp3) is 0.200. The molecule has 15 heavy (non-hydrogen) atoms. The van der Waals surface area contributed by atoms with Gasteiger partial charge in [-0.3, -0.25) is 0 Å². The number of allylic oxidation sites excluding steroid dienone is 5. The third-order valence-electron chi connectivity index (χ3n) is 2.24. The number of rotatable bonds is 3. The van der Waals surface area contributed by atoms with E-state index in [1.165, 1.54) is 16.7 Å². The molecule has 0 unspecified atom stereocenters. The van der Waals surface area contributed by atoms with Gasteiger partial charge in [0.15, 0.2) is 0 Å². The first kappa shape index (κ1) is 11.5. The molecule has 0 aliphatic carbocycles. The zero-order valence-electron chi connectivity index (χ0n) is 9.75. The Labute approximate surface area is 92.6 Å². The Hall–Kier alpha value is -1.56. The van der Waals surface area contributed by atoms with Crippen LogP contribution in [0.25, 0.3) is 5.57 Å². The molecule has 0 radical (unpaired) electrons. The maximum absolute atomic E-state index is 3.86. The minimum absolute atomic E-state index is 1.07. The van der Waals surface area contributed by atoms with Crippen molar-refractivity contribution in [2.45, 2.75) is 20.8 Å². The van der Waals surface area contributed by atoms with Gasteiger partial charge in [0.25, 0.3) is 0 Å². The lowest BCUT2D eigenvalue weighted by Crippen LogP contribution is -1.81. The van der Waals surface area contributed by atoms with Crippen molar-refractivity contribution in [3.8, 4) is 0 Å². The zero-order chi connectivity index (χ0) is 11.3. The van der Waals surface area contributed by atoms with E-state index in [1.54, 1.807) is 0 Å². The van der Waals surface area contributed by atoms with Gasteiger partial charge in [-0.25, -0.2) is 0 Å². The number of hydrogen-bond donors (Lipinski definition) is 0. The summed E-state index contributed by atoms with van der Waals surface area (Å²) in [6, 6.07) is 8.56. The summed E-state index contributed by atoms with van der Waals surface area (Å²) in [5.41, 5.74) is 4.85. The van der Waals surface area contributed by atoms with Crippen LogP contribution in [0.5, 0.6) is 0 Å². The molecule has 0 nitrogen and oxygen atoms in total. The Morgan fingerprint density at radius 3 is 2.20 bits per heavy atom. The van der Waals surface area contributed by atoms with Crippen LogP contribution in [0.3, 0.4) is 0 Å². The van der Waals surface area contributed by atoms with Crippen molar-refractivity contribution in [3.63, 3.8) is 0 Å². The SMILES string of the molecule is C=C(C)/C=C\C(=C/C)c1ccc(C)cc1. The molecule has 0 fully saturated rings. The van der Waals surface area contributed by atoms with E-state index in [9.17, 15) is 0 Å². The Bertz CT molecular complexity index is 389. The molecular formula is C15H18. The van der Waals surface area contributed by atoms with Gasteiger partial charge in [-0.1, -0.05) is 60.2 Å². The van der Waals surface area contributed by atoms with Gasteiger partial charge in [0.1, 0.15) is 0 Å². The molecule has 0 amide bonds. The average molecular weight is 198 g/mol. The molecule has 0 saturated heterocycles. The predicted octanol–water partition coefficient (Wildman–Crippen LogP) is 4.53. The van der Waals surface area contributed by atoms with Gasteiger partial charge in [0.05, 0.1) is 0 Å². The van der Waals surface area contributed by atoms with Crippen LogP contribution < -0.4 is 0 Å². The van der Waals surface area contributed by atoms with Gasteiger partial charge in [0.2, 0.25) is 0 Å². The van der Waals surface area contributed by atoms with Crippen molar-refractivity contribution < 1.29 is 0 Å². The fourth-order valence-electron chi connectivity index (χ4n) is 1.34. The van der Waals surface area contributed by atoms with E-state index in [4.69, 9.17) is 0 Å². The van der Waals surface area contributed by atoms with Crippen LogP contribution >= 0.6 is 0 Å². The first-order chi connectivity index (χ1) is 7.13. The lowest BCUT2D eigenvalue weighted by Gasteiger charge is -2.02. The molecular weight excluding hydrogens is 180 g/mol. The van der Waals surface area contributed by atoms with Crippen LogP contribution in [0.2, 0.25) is 0 Å². The van der Waals surface area contributed by atoms with E-state index < -0.39 is 0 Å². The Balaban J connectivity index is 2.94. The Kier molecular flexibility index (Phi) is 4.11. The van der Waals surface area contributed by atoms with E-state index in [0.29, 0.717) is 0 Å². The van der Waals surface area contributed by atoms with Crippen LogP contribution in [-0.4, -0.2) is 0 Å². The van der Waals surface area contributed by atoms with Crippen LogP contribution in [0, 0.1) is 6.92 Å². The smallest absolute Gasteiger partial charge is 0.0187 e. The summed E-state index contributed by atoms with van der Waals surface area (Å²) in [6.45, 7) is 10.0. The molecule has 0 atom stereocenters. The summed E-state index contributed by atoms with van der Waals surface area (Å²) in [6.07, 6.45) is 6.26. The summed E-state index contributed by atoms with van der Waals surface area (Å²) < 4.78 is 0. The highest BCUT2D eigenvalue weighted by atomic mass is 14.0. The van der Waals surface area contributed by atoms with E-state index in [-0.39, 0.29) is 0 Å².